The van der Waals surface area contributed by atoms with Crippen molar-refractivity contribution < 1.29 is 22.3 Å². The number of ether oxygens (including phenoxy) is 1. The van der Waals surface area contributed by atoms with Crippen LogP contribution in [0.15, 0.2) is 48.7 Å². The first kappa shape index (κ1) is 29.8. The van der Waals surface area contributed by atoms with Crippen molar-refractivity contribution in [1.29, 1.82) is 0 Å². The van der Waals surface area contributed by atoms with Crippen LogP contribution in [-0.4, -0.2) is 62.1 Å². The number of hydrogen-bond acceptors (Lipinski definition) is 6. The van der Waals surface area contributed by atoms with Gasteiger partial charge in [0.25, 0.3) is 0 Å². The van der Waals surface area contributed by atoms with E-state index in [2.05, 4.69) is 10.2 Å². The monoisotopic (exact) mass is 574 g/mol. The molecule has 0 bridgehead atoms. The Morgan fingerprint density at radius 2 is 1.84 bits per heavy atom. The van der Waals surface area contributed by atoms with Crippen molar-refractivity contribution in [3.63, 3.8) is 0 Å². The average molecular weight is 575 g/mol. The molecule has 0 radical (unpaired) electrons. The Morgan fingerprint density at radius 3 is 2.50 bits per heavy atom. The topological polar surface area (TPSA) is 81.6 Å². The summed E-state index contributed by atoms with van der Waals surface area (Å²) in [5.41, 5.74) is 6.09. The van der Waals surface area contributed by atoms with Crippen LogP contribution in [0.3, 0.4) is 0 Å². The maximum Gasteiger partial charge on any atom is 0.408 e. The number of pyridine rings is 2. The molecule has 1 saturated heterocycles. The predicted octanol–water partition coefficient (Wildman–Crippen LogP) is 5.55. The van der Waals surface area contributed by atoms with Gasteiger partial charge in [0.15, 0.2) is 11.5 Å². The average Bonchev–Trinajstić information content (AvgIpc) is 3.42. The van der Waals surface area contributed by atoms with Crippen molar-refractivity contribution >= 4 is 41.4 Å². The second-order valence-electron chi connectivity index (χ2n) is 9.57. The second-order valence-corrected chi connectivity index (χ2v) is 9.57. The molecular weight excluding hydrogens is 547 g/mol. The Kier molecular flexibility index (Phi) is 8.77. The molecule has 7 nitrogen and oxygen atoms in total. The first-order chi connectivity index (χ1) is 17.1. The first-order valence-electron chi connectivity index (χ1n) is 11.6. The van der Waals surface area contributed by atoms with Gasteiger partial charge in [-0.05, 0) is 44.0 Å². The lowest BCUT2D eigenvalue weighted by Crippen LogP contribution is -2.47. The lowest BCUT2D eigenvalue weighted by Gasteiger charge is -2.31. The zero-order valence-electron chi connectivity index (χ0n) is 20.7. The van der Waals surface area contributed by atoms with Gasteiger partial charge < -0.3 is 10.5 Å². The number of nitrogens with zero attached hydrogens (tertiary/aromatic N) is 5. The smallest absolute Gasteiger partial charge is 0.408 e. The summed E-state index contributed by atoms with van der Waals surface area (Å²) in [6.07, 6.45) is -3.13. The number of para-hydroxylation sites is 1. The number of hydrogen-bond donors (Lipinski definition) is 1. The zero-order chi connectivity index (χ0) is 25.7. The van der Waals surface area contributed by atoms with Gasteiger partial charge in [0.1, 0.15) is 29.7 Å². The molecule has 206 valence electrons. The number of halogens is 6. The van der Waals surface area contributed by atoms with Gasteiger partial charge in [0, 0.05) is 24.7 Å². The molecule has 1 aromatic carbocycles. The number of fused-ring (bicyclic) bond motifs is 2. The van der Waals surface area contributed by atoms with Crippen molar-refractivity contribution in [3.8, 4) is 17.3 Å². The third-order valence-electron chi connectivity index (χ3n) is 6.37. The molecule has 1 fully saturated rings. The first-order valence-corrected chi connectivity index (χ1v) is 11.6. The van der Waals surface area contributed by atoms with E-state index in [-0.39, 0.29) is 56.0 Å². The third kappa shape index (κ3) is 5.66. The van der Waals surface area contributed by atoms with Crippen LogP contribution < -0.4 is 10.5 Å². The van der Waals surface area contributed by atoms with Crippen molar-refractivity contribution in [2.75, 3.05) is 19.8 Å². The van der Waals surface area contributed by atoms with E-state index < -0.39 is 24.4 Å². The molecule has 0 spiro atoms. The quantitative estimate of drug-likeness (QED) is 0.304. The van der Waals surface area contributed by atoms with Gasteiger partial charge in [-0.3, -0.25) is 9.30 Å². The van der Waals surface area contributed by atoms with Crippen molar-refractivity contribution in [2.45, 2.75) is 44.1 Å². The molecule has 0 saturated carbocycles. The second kappa shape index (κ2) is 11.2. The molecule has 4 heterocycles. The van der Waals surface area contributed by atoms with Crippen LogP contribution in [0.5, 0.6) is 5.75 Å². The number of nitrogens with two attached hydrogens (primary N) is 1. The predicted molar refractivity (Wildman–Crippen MR) is 142 cm³/mol. The van der Waals surface area contributed by atoms with Crippen LogP contribution in [0.1, 0.15) is 31.9 Å². The number of benzene rings is 1. The molecule has 2 N–H and O–H groups in total. The molecule has 38 heavy (non-hydrogen) atoms. The summed E-state index contributed by atoms with van der Waals surface area (Å²) in [6.45, 7) is 2.80. The fourth-order valence-corrected chi connectivity index (χ4v) is 4.70. The summed E-state index contributed by atoms with van der Waals surface area (Å²) >= 11 is 0. The van der Waals surface area contributed by atoms with Gasteiger partial charge >= 0.3 is 6.18 Å². The van der Waals surface area contributed by atoms with Crippen LogP contribution in [0, 0.1) is 0 Å². The van der Waals surface area contributed by atoms with Crippen LogP contribution in [0.4, 0.5) is 17.6 Å². The van der Waals surface area contributed by atoms with Gasteiger partial charge in [-0.25, -0.2) is 9.37 Å². The van der Waals surface area contributed by atoms with E-state index in [0.717, 1.165) is 5.39 Å². The summed E-state index contributed by atoms with van der Waals surface area (Å²) in [7, 11) is 0. The summed E-state index contributed by atoms with van der Waals surface area (Å²) < 4.78 is 63.5. The number of aromatic nitrogens is 4. The van der Waals surface area contributed by atoms with E-state index in [9.17, 15) is 17.6 Å². The molecule has 2 atom stereocenters. The zero-order valence-corrected chi connectivity index (χ0v) is 22.3. The van der Waals surface area contributed by atoms with Crippen LogP contribution in [0.2, 0.25) is 0 Å². The molecule has 0 aliphatic carbocycles. The summed E-state index contributed by atoms with van der Waals surface area (Å²) in [6, 6.07) is 10.1. The molecule has 0 unspecified atom stereocenters. The van der Waals surface area contributed by atoms with Crippen molar-refractivity contribution in [1.82, 2.24) is 24.5 Å². The van der Waals surface area contributed by atoms with Crippen molar-refractivity contribution in [2.24, 2.45) is 5.73 Å². The SMILES string of the molecule is CC(C)Oc1cccc2ccc(-c3nnc4ccc([C@@H](N5CC[C@@](N)(CF)C5)C(F)(F)F)cn34)nc12.Cl.Cl. The molecule has 3 aromatic heterocycles. The van der Waals surface area contributed by atoms with E-state index >= 15 is 0 Å². The van der Waals surface area contributed by atoms with E-state index in [0.29, 0.717) is 28.4 Å². The summed E-state index contributed by atoms with van der Waals surface area (Å²) in [5, 5.41) is 9.18. The number of alkyl halides is 4. The highest BCUT2D eigenvalue weighted by Crippen LogP contribution is 2.41. The van der Waals surface area contributed by atoms with Gasteiger partial charge in [0.05, 0.1) is 11.6 Å². The minimum Gasteiger partial charge on any atom is -0.489 e. The fraction of sp³-hybridized carbons (Fsp3) is 0.400. The maximum atomic E-state index is 14.2. The molecule has 13 heteroatoms. The van der Waals surface area contributed by atoms with Gasteiger partial charge in [-0.2, -0.15) is 13.2 Å². The molecule has 1 aliphatic rings. The highest BCUT2D eigenvalue weighted by atomic mass is 35.5. The van der Waals surface area contributed by atoms with Crippen LogP contribution in [-0.2, 0) is 0 Å². The largest absolute Gasteiger partial charge is 0.489 e. The van der Waals surface area contributed by atoms with E-state index in [4.69, 9.17) is 15.5 Å². The van der Waals surface area contributed by atoms with Crippen LogP contribution in [0.25, 0.3) is 28.1 Å². The van der Waals surface area contributed by atoms with Gasteiger partial charge in [-0.15, -0.1) is 35.0 Å². The summed E-state index contributed by atoms with van der Waals surface area (Å²) in [5.74, 6) is 0.899. The van der Waals surface area contributed by atoms with E-state index in [1.54, 1.807) is 6.07 Å². The standard InChI is InChI=1S/C25H26F4N6O.2ClH/c1-15(2)36-19-5-3-4-16-6-8-18(31-21(16)19)23-33-32-20-9-7-17(12-35(20)23)22(25(27,28)29)34-11-10-24(30,13-26)14-34;;/h3-9,12,15,22H,10-11,13-14,30H2,1-2H3;2*1H/t22-,24-;;/m1../s1. The van der Waals surface area contributed by atoms with Gasteiger partial charge in [-0.1, -0.05) is 24.3 Å². The fourth-order valence-electron chi connectivity index (χ4n) is 4.70. The Morgan fingerprint density at radius 1 is 1.08 bits per heavy atom. The Balaban J connectivity index is 0.00000200. The molecule has 0 amide bonds. The highest BCUT2D eigenvalue weighted by molar-refractivity contribution is 5.86. The number of likely N-dealkylation sites (tertiary alicyclic amines) is 1. The third-order valence-corrected chi connectivity index (χ3v) is 6.37. The van der Waals surface area contributed by atoms with E-state index in [1.165, 1.54) is 27.6 Å². The molecule has 4 aromatic rings. The highest BCUT2D eigenvalue weighted by Gasteiger charge is 2.49. The summed E-state index contributed by atoms with van der Waals surface area (Å²) in [4.78, 5) is 5.90. The molecule has 1 aliphatic heterocycles. The van der Waals surface area contributed by atoms with Crippen LogP contribution >= 0.6 is 24.8 Å². The van der Waals surface area contributed by atoms with E-state index in [1.807, 2.05) is 38.1 Å². The Bertz CT molecular complexity index is 1420. The lowest BCUT2D eigenvalue weighted by atomic mass is 10.0. The maximum absolute atomic E-state index is 14.2. The number of rotatable bonds is 6. The lowest BCUT2D eigenvalue weighted by molar-refractivity contribution is -0.184. The normalized spacial score (nSPS) is 18.9. The van der Waals surface area contributed by atoms with Crippen molar-refractivity contribution in [3.05, 3.63) is 54.2 Å². The Labute approximate surface area is 229 Å². The molecule has 5 rings (SSSR count). The van der Waals surface area contributed by atoms with Gasteiger partial charge in [0.2, 0.25) is 0 Å². The minimum atomic E-state index is -4.59. The minimum absolute atomic E-state index is 0. The Hall–Kier alpha value is -2.73. The molecular formula is C25H28Cl2F4N6O.